The fourth-order valence-corrected chi connectivity index (χ4v) is 1.04. The first-order chi connectivity index (χ1) is 6.15. The summed E-state index contributed by atoms with van der Waals surface area (Å²) in [6.07, 6.45) is -0.205. The van der Waals surface area contributed by atoms with E-state index in [1.807, 2.05) is 0 Å². The third-order valence-corrected chi connectivity index (χ3v) is 1.64. The number of hydrogen-bond donors (Lipinski definition) is 2. The van der Waals surface area contributed by atoms with Crippen LogP contribution >= 0.6 is 0 Å². The average Bonchev–Trinajstić information content (AvgIpc) is 2.08. The number of carbonyl (C=O) groups is 1. The Balaban J connectivity index is 3.01. The van der Waals surface area contributed by atoms with Crippen LogP contribution in [-0.2, 0) is 11.2 Å². The lowest BCUT2D eigenvalue weighted by molar-refractivity contribution is -0.136. The number of carboxylic acid groups (broad SMARTS) is 1. The van der Waals surface area contributed by atoms with Crippen LogP contribution in [0.2, 0.25) is 0 Å². The molecule has 0 aliphatic carbocycles. The molecule has 0 saturated carbocycles. The molecule has 1 aromatic carbocycles. The van der Waals surface area contributed by atoms with Gasteiger partial charge < -0.3 is 14.9 Å². The van der Waals surface area contributed by atoms with Crippen LogP contribution < -0.4 is 4.74 Å². The molecule has 0 atom stereocenters. The number of hydrogen-bond acceptors (Lipinski definition) is 3. The number of rotatable bonds is 3. The van der Waals surface area contributed by atoms with Gasteiger partial charge in [0.1, 0.15) is 0 Å². The maximum Gasteiger partial charge on any atom is 0.307 e. The fraction of sp³-hybridized carbons (Fsp3) is 0.222. The first kappa shape index (κ1) is 9.38. The van der Waals surface area contributed by atoms with Crippen molar-refractivity contribution in [3.8, 4) is 11.5 Å². The zero-order chi connectivity index (χ0) is 9.84. The van der Waals surface area contributed by atoms with E-state index in [1.54, 1.807) is 18.2 Å². The summed E-state index contributed by atoms with van der Waals surface area (Å²) in [5, 5.41) is 18.0. The number of aliphatic carboxylic acids is 1. The number of aromatic hydroxyl groups is 1. The van der Waals surface area contributed by atoms with Gasteiger partial charge >= 0.3 is 5.97 Å². The van der Waals surface area contributed by atoms with Crippen LogP contribution in [0.1, 0.15) is 5.56 Å². The van der Waals surface area contributed by atoms with Crippen LogP contribution in [0.5, 0.6) is 11.5 Å². The summed E-state index contributed by atoms with van der Waals surface area (Å²) in [6, 6.07) is 4.75. The van der Waals surface area contributed by atoms with Crippen LogP contribution in [0.3, 0.4) is 0 Å². The molecule has 0 heterocycles. The van der Waals surface area contributed by atoms with Gasteiger partial charge in [0.25, 0.3) is 0 Å². The number of methoxy groups -OCH3 is 1. The van der Waals surface area contributed by atoms with Crippen molar-refractivity contribution in [3.63, 3.8) is 0 Å². The highest BCUT2D eigenvalue weighted by Crippen LogP contribution is 2.29. The summed E-state index contributed by atoms with van der Waals surface area (Å²) in [5.74, 6) is -0.797. The summed E-state index contributed by atoms with van der Waals surface area (Å²) < 4.78 is 4.82. The summed E-state index contributed by atoms with van der Waals surface area (Å²) in [4.78, 5) is 10.4. The molecular formula is C9H10O4. The Morgan fingerprint density at radius 1 is 1.54 bits per heavy atom. The largest absolute Gasteiger partial charge is 0.504 e. The average molecular weight is 182 g/mol. The SMILES string of the molecule is COc1cccc(CC(=O)O)c1O. The van der Waals surface area contributed by atoms with Gasteiger partial charge in [-0.05, 0) is 6.07 Å². The van der Waals surface area contributed by atoms with Crippen LogP contribution in [-0.4, -0.2) is 23.3 Å². The summed E-state index contributed by atoms with van der Waals surface area (Å²) in [6.45, 7) is 0. The van der Waals surface area contributed by atoms with Crippen molar-refractivity contribution in [1.29, 1.82) is 0 Å². The standard InChI is InChI=1S/C9H10O4/c1-13-7-4-2-3-6(9(7)12)5-8(10)11/h2-4,12H,5H2,1H3,(H,10,11). The van der Waals surface area contributed by atoms with Gasteiger partial charge in [-0.25, -0.2) is 0 Å². The quantitative estimate of drug-likeness (QED) is 0.732. The van der Waals surface area contributed by atoms with E-state index < -0.39 is 5.97 Å². The lowest BCUT2D eigenvalue weighted by Gasteiger charge is -2.06. The van der Waals surface area contributed by atoms with Gasteiger partial charge in [0.05, 0.1) is 13.5 Å². The molecule has 0 fully saturated rings. The highest BCUT2D eigenvalue weighted by Gasteiger charge is 2.09. The summed E-state index contributed by atoms with van der Waals surface area (Å²) in [5.41, 5.74) is 0.354. The smallest absolute Gasteiger partial charge is 0.307 e. The van der Waals surface area contributed by atoms with E-state index in [2.05, 4.69) is 0 Å². The topological polar surface area (TPSA) is 66.8 Å². The van der Waals surface area contributed by atoms with Crippen molar-refractivity contribution in [2.45, 2.75) is 6.42 Å². The van der Waals surface area contributed by atoms with E-state index in [0.717, 1.165) is 0 Å². The number of benzene rings is 1. The first-order valence-electron chi connectivity index (χ1n) is 3.71. The number of para-hydroxylation sites is 1. The Morgan fingerprint density at radius 3 is 2.77 bits per heavy atom. The first-order valence-corrected chi connectivity index (χ1v) is 3.71. The Kier molecular flexibility index (Phi) is 2.74. The molecule has 0 bridgehead atoms. The molecule has 0 unspecified atom stereocenters. The molecule has 4 heteroatoms. The van der Waals surface area contributed by atoms with E-state index >= 15 is 0 Å². The predicted molar refractivity (Wildman–Crippen MR) is 46.0 cm³/mol. The van der Waals surface area contributed by atoms with Crippen LogP contribution in [0.25, 0.3) is 0 Å². The van der Waals surface area contributed by atoms with Crippen molar-refractivity contribution < 1.29 is 19.7 Å². The molecule has 0 saturated heterocycles. The number of ether oxygens (including phenoxy) is 1. The number of phenolic OH excluding ortho intramolecular Hbond substituents is 1. The molecule has 1 rings (SSSR count). The molecule has 2 N–H and O–H groups in total. The van der Waals surface area contributed by atoms with E-state index in [0.29, 0.717) is 11.3 Å². The third kappa shape index (κ3) is 2.11. The molecule has 0 aliphatic heterocycles. The summed E-state index contributed by atoms with van der Waals surface area (Å²) in [7, 11) is 1.42. The lowest BCUT2D eigenvalue weighted by Crippen LogP contribution is -2.00. The molecular weight excluding hydrogens is 172 g/mol. The second-order valence-electron chi connectivity index (χ2n) is 2.54. The van der Waals surface area contributed by atoms with Crippen molar-refractivity contribution >= 4 is 5.97 Å². The number of phenols is 1. The monoisotopic (exact) mass is 182 g/mol. The molecule has 0 radical (unpaired) electrons. The fourth-order valence-electron chi connectivity index (χ4n) is 1.04. The molecule has 0 aromatic heterocycles. The van der Waals surface area contributed by atoms with E-state index in [-0.39, 0.29) is 12.2 Å². The van der Waals surface area contributed by atoms with Crippen LogP contribution in [0.15, 0.2) is 18.2 Å². The highest BCUT2D eigenvalue weighted by molar-refractivity contribution is 5.72. The highest BCUT2D eigenvalue weighted by atomic mass is 16.5. The van der Waals surface area contributed by atoms with Crippen molar-refractivity contribution in [1.82, 2.24) is 0 Å². The molecule has 0 spiro atoms. The molecule has 0 amide bonds. The maximum atomic E-state index is 10.4. The zero-order valence-corrected chi connectivity index (χ0v) is 7.15. The van der Waals surface area contributed by atoms with Crippen LogP contribution in [0.4, 0.5) is 0 Å². The van der Waals surface area contributed by atoms with E-state index in [4.69, 9.17) is 9.84 Å². The van der Waals surface area contributed by atoms with Gasteiger partial charge in [0.2, 0.25) is 0 Å². The lowest BCUT2D eigenvalue weighted by atomic mass is 10.1. The van der Waals surface area contributed by atoms with E-state index in [9.17, 15) is 9.90 Å². The minimum Gasteiger partial charge on any atom is -0.504 e. The van der Waals surface area contributed by atoms with Gasteiger partial charge in [-0.15, -0.1) is 0 Å². The minimum absolute atomic E-state index is 0.104. The molecule has 4 nitrogen and oxygen atoms in total. The third-order valence-electron chi connectivity index (χ3n) is 1.64. The van der Waals surface area contributed by atoms with Gasteiger partial charge in [0, 0.05) is 5.56 Å². The minimum atomic E-state index is -0.983. The van der Waals surface area contributed by atoms with Gasteiger partial charge in [-0.2, -0.15) is 0 Å². The van der Waals surface area contributed by atoms with E-state index in [1.165, 1.54) is 7.11 Å². The molecule has 1 aromatic rings. The van der Waals surface area contributed by atoms with Crippen molar-refractivity contribution in [3.05, 3.63) is 23.8 Å². The normalized spacial score (nSPS) is 9.62. The Bertz CT molecular complexity index is 319. The van der Waals surface area contributed by atoms with Gasteiger partial charge in [-0.1, -0.05) is 12.1 Å². The van der Waals surface area contributed by atoms with Crippen molar-refractivity contribution in [2.75, 3.05) is 7.11 Å². The molecule has 70 valence electrons. The predicted octanol–water partition coefficient (Wildman–Crippen LogP) is 1.03. The van der Waals surface area contributed by atoms with Gasteiger partial charge in [0.15, 0.2) is 11.5 Å². The second-order valence-corrected chi connectivity index (χ2v) is 2.54. The maximum absolute atomic E-state index is 10.4. The molecule has 13 heavy (non-hydrogen) atoms. The van der Waals surface area contributed by atoms with Crippen molar-refractivity contribution in [2.24, 2.45) is 0 Å². The second kappa shape index (κ2) is 3.80. The van der Waals surface area contributed by atoms with Crippen LogP contribution in [0, 0.1) is 0 Å². The molecule has 0 aliphatic rings. The Hall–Kier alpha value is -1.71. The van der Waals surface area contributed by atoms with Gasteiger partial charge in [-0.3, -0.25) is 4.79 Å². The number of carboxylic acids is 1. The Morgan fingerprint density at radius 2 is 2.23 bits per heavy atom. The zero-order valence-electron chi connectivity index (χ0n) is 7.15. The summed E-state index contributed by atoms with van der Waals surface area (Å²) >= 11 is 0. The Labute approximate surface area is 75.4 Å².